The third kappa shape index (κ3) is 2.73. The Kier molecular flexibility index (Phi) is 3.05. The van der Waals surface area contributed by atoms with Crippen molar-refractivity contribution in [2.75, 3.05) is 0 Å². The molecule has 1 fully saturated rings. The summed E-state index contributed by atoms with van der Waals surface area (Å²) in [6.07, 6.45) is 3.29. The predicted molar refractivity (Wildman–Crippen MR) is 60.6 cm³/mol. The van der Waals surface area contributed by atoms with Crippen LogP contribution >= 0.6 is 0 Å². The Balaban J connectivity index is 2.02. The van der Waals surface area contributed by atoms with E-state index < -0.39 is 6.16 Å². The number of hydrogen-bond acceptors (Lipinski definition) is 3. The van der Waals surface area contributed by atoms with Gasteiger partial charge in [-0.15, -0.1) is 0 Å². The van der Waals surface area contributed by atoms with E-state index >= 15 is 0 Å². The smallest absolute Gasteiger partial charge is 0.426 e. The van der Waals surface area contributed by atoms with E-state index in [4.69, 9.17) is 4.74 Å². The molecule has 3 heteroatoms. The van der Waals surface area contributed by atoms with Gasteiger partial charge in [-0.3, -0.25) is 0 Å². The largest absolute Gasteiger partial charge is 0.514 e. The van der Waals surface area contributed by atoms with Crippen LogP contribution in [0.15, 0.2) is 48.7 Å². The summed E-state index contributed by atoms with van der Waals surface area (Å²) in [4.78, 5) is 11.0. The first-order valence-electron chi connectivity index (χ1n) is 5.03. The summed E-state index contributed by atoms with van der Waals surface area (Å²) in [6.45, 7) is 3.61. The minimum Gasteiger partial charge on any atom is -0.426 e. The minimum atomic E-state index is -0.682. The Morgan fingerprint density at radius 3 is 2.75 bits per heavy atom. The van der Waals surface area contributed by atoms with Crippen molar-refractivity contribution in [2.45, 2.75) is 12.5 Å². The Morgan fingerprint density at radius 2 is 2.06 bits per heavy atom. The predicted octanol–water partition coefficient (Wildman–Crippen LogP) is 3.14. The maximum absolute atomic E-state index is 11.0. The zero-order valence-electron chi connectivity index (χ0n) is 8.76. The topological polar surface area (TPSA) is 35.5 Å². The molecule has 0 saturated carbocycles. The molecule has 1 unspecified atom stereocenters. The number of carbonyl (C=O) groups is 1. The van der Waals surface area contributed by atoms with Crippen LogP contribution in [0.1, 0.15) is 12.0 Å². The van der Waals surface area contributed by atoms with Crippen molar-refractivity contribution in [3.8, 4) is 0 Å². The van der Waals surface area contributed by atoms with Gasteiger partial charge in [0, 0.05) is 6.42 Å². The molecule has 1 heterocycles. The van der Waals surface area contributed by atoms with Gasteiger partial charge in [-0.25, -0.2) is 4.79 Å². The van der Waals surface area contributed by atoms with Crippen molar-refractivity contribution >= 4 is 12.2 Å². The van der Waals surface area contributed by atoms with Crippen molar-refractivity contribution in [3.05, 3.63) is 54.3 Å². The number of ether oxygens (including phenoxy) is 2. The maximum Gasteiger partial charge on any atom is 0.514 e. The third-order valence-corrected chi connectivity index (χ3v) is 2.21. The average Bonchev–Trinajstić information content (AvgIpc) is 2.27. The van der Waals surface area contributed by atoms with Crippen LogP contribution in [0.25, 0.3) is 6.08 Å². The van der Waals surface area contributed by atoms with Crippen molar-refractivity contribution in [3.63, 3.8) is 0 Å². The van der Waals surface area contributed by atoms with E-state index in [0.717, 1.165) is 5.56 Å². The lowest BCUT2D eigenvalue weighted by molar-refractivity contribution is 0.0241. The van der Waals surface area contributed by atoms with Gasteiger partial charge in [-0.2, -0.15) is 0 Å². The monoisotopic (exact) mass is 216 g/mol. The second kappa shape index (κ2) is 4.66. The number of cyclic esters (lactones) is 2. The summed E-state index contributed by atoms with van der Waals surface area (Å²) in [5.41, 5.74) is 1.07. The van der Waals surface area contributed by atoms with Crippen LogP contribution in [-0.4, -0.2) is 12.3 Å². The molecular weight excluding hydrogens is 204 g/mol. The fraction of sp³-hybridized carbons (Fsp3) is 0.154. The van der Waals surface area contributed by atoms with Crippen LogP contribution in [0.5, 0.6) is 0 Å². The molecule has 0 radical (unpaired) electrons. The molecule has 1 aliphatic heterocycles. The number of rotatable bonds is 2. The van der Waals surface area contributed by atoms with Crippen LogP contribution in [0, 0.1) is 0 Å². The van der Waals surface area contributed by atoms with Gasteiger partial charge in [0.2, 0.25) is 0 Å². The molecule has 82 valence electrons. The van der Waals surface area contributed by atoms with Crippen molar-refractivity contribution in [2.24, 2.45) is 0 Å². The van der Waals surface area contributed by atoms with Gasteiger partial charge >= 0.3 is 6.16 Å². The molecule has 1 aromatic rings. The highest BCUT2D eigenvalue weighted by Crippen LogP contribution is 2.18. The van der Waals surface area contributed by atoms with E-state index in [1.165, 1.54) is 0 Å². The summed E-state index contributed by atoms with van der Waals surface area (Å²) in [7, 11) is 0. The van der Waals surface area contributed by atoms with Crippen LogP contribution in [0.4, 0.5) is 4.79 Å². The third-order valence-electron chi connectivity index (χ3n) is 2.21. The molecule has 0 aliphatic carbocycles. The Hall–Kier alpha value is -2.03. The summed E-state index contributed by atoms with van der Waals surface area (Å²) in [5, 5.41) is 0. The quantitative estimate of drug-likeness (QED) is 0.712. The second-order valence-electron chi connectivity index (χ2n) is 3.52. The number of benzene rings is 1. The lowest BCUT2D eigenvalue weighted by Gasteiger charge is -2.20. The highest BCUT2D eigenvalue weighted by atomic mass is 16.7. The lowest BCUT2D eigenvalue weighted by atomic mass is 10.1. The second-order valence-corrected chi connectivity index (χ2v) is 3.52. The highest BCUT2D eigenvalue weighted by Gasteiger charge is 2.22. The molecular formula is C13H12O3. The molecule has 1 aliphatic rings. The van der Waals surface area contributed by atoms with E-state index in [2.05, 4.69) is 11.3 Å². The fourth-order valence-electron chi connectivity index (χ4n) is 1.46. The fourth-order valence-corrected chi connectivity index (χ4v) is 1.46. The molecule has 1 saturated heterocycles. The zero-order valence-corrected chi connectivity index (χ0v) is 8.76. The number of carbonyl (C=O) groups excluding carboxylic acids is 1. The van der Waals surface area contributed by atoms with Gasteiger partial charge in [0.1, 0.15) is 11.9 Å². The molecule has 3 nitrogen and oxygen atoms in total. The molecule has 0 amide bonds. The van der Waals surface area contributed by atoms with Crippen LogP contribution in [0.3, 0.4) is 0 Å². The first-order valence-corrected chi connectivity index (χ1v) is 5.03. The van der Waals surface area contributed by atoms with E-state index in [-0.39, 0.29) is 6.10 Å². The van der Waals surface area contributed by atoms with Crippen molar-refractivity contribution in [1.82, 2.24) is 0 Å². The SMILES string of the molecule is C=C1CC(/C=C/c2ccccc2)OC(=O)O1. The lowest BCUT2D eigenvalue weighted by Crippen LogP contribution is -2.23. The molecule has 1 atom stereocenters. The first kappa shape index (κ1) is 10.5. The summed E-state index contributed by atoms with van der Waals surface area (Å²) in [5.74, 6) is 0.443. The molecule has 0 spiro atoms. The molecule has 1 aromatic carbocycles. The normalized spacial score (nSPS) is 20.6. The van der Waals surface area contributed by atoms with E-state index in [0.29, 0.717) is 12.2 Å². The Bertz CT molecular complexity index is 404. The highest BCUT2D eigenvalue weighted by molar-refractivity contribution is 5.63. The van der Waals surface area contributed by atoms with Crippen molar-refractivity contribution < 1.29 is 14.3 Å². The van der Waals surface area contributed by atoms with Gasteiger partial charge in [0.15, 0.2) is 0 Å². The number of hydrogen-bond donors (Lipinski definition) is 0. The van der Waals surface area contributed by atoms with E-state index in [9.17, 15) is 4.79 Å². The Labute approximate surface area is 94.0 Å². The molecule has 0 bridgehead atoms. The first-order chi connectivity index (χ1) is 7.74. The van der Waals surface area contributed by atoms with Gasteiger partial charge in [0.25, 0.3) is 0 Å². The zero-order chi connectivity index (χ0) is 11.4. The van der Waals surface area contributed by atoms with Crippen LogP contribution in [-0.2, 0) is 9.47 Å². The van der Waals surface area contributed by atoms with Crippen molar-refractivity contribution in [1.29, 1.82) is 0 Å². The van der Waals surface area contributed by atoms with Gasteiger partial charge < -0.3 is 9.47 Å². The minimum absolute atomic E-state index is 0.283. The van der Waals surface area contributed by atoms with Crippen LogP contribution in [0.2, 0.25) is 0 Å². The Morgan fingerprint density at radius 1 is 1.31 bits per heavy atom. The average molecular weight is 216 g/mol. The van der Waals surface area contributed by atoms with Gasteiger partial charge in [0.05, 0.1) is 0 Å². The summed E-state index contributed by atoms with van der Waals surface area (Å²) >= 11 is 0. The maximum atomic E-state index is 11.0. The molecule has 2 rings (SSSR count). The summed E-state index contributed by atoms with van der Waals surface area (Å²) < 4.78 is 9.65. The van der Waals surface area contributed by atoms with Gasteiger partial charge in [-0.1, -0.05) is 43.0 Å². The molecule has 16 heavy (non-hydrogen) atoms. The van der Waals surface area contributed by atoms with E-state index in [1.54, 1.807) is 0 Å². The molecule has 0 aromatic heterocycles. The summed E-state index contributed by atoms with van der Waals surface area (Å²) in [6, 6.07) is 9.82. The molecule has 0 N–H and O–H groups in total. The van der Waals surface area contributed by atoms with Crippen LogP contribution < -0.4 is 0 Å². The standard InChI is InChI=1S/C13H12O3/c1-10-9-12(16-13(14)15-10)8-7-11-5-3-2-4-6-11/h2-8,12H,1,9H2/b8-7+. The van der Waals surface area contributed by atoms with E-state index in [1.807, 2.05) is 42.5 Å². The van der Waals surface area contributed by atoms with Gasteiger partial charge in [-0.05, 0) is 11.6 Å².